The van der Waals surface area contributed by atoms with Crippen LogP contribution in [0.15, 0.2) is 42.5 Å². The van der Waals surface area contributed by atoms with E-state index in [0.29, 0.717) is 17.3 Å². The molecule has 2 heterocycles. The molecule has 0 spiro atoms. The maximum absolute atomic E-state index is 14.0. The van der Waals surface area contributed by atoms with Crippen molar-refractivity contribution in [1.29, 1.82) is 0 Å². The van der Waals surface area contributed by atoms with Crippen LogP contribution in [0.2, 0.25) is 0 Å². The van der Waals surface area contributed by atoms with E-state index in [4.69, 9.17) is 5.73 Å². The molecule has 10 heteroatoms. The number of nitrogen functional groups attached to an aromatic ring is 1. The predicted octanol–water partition coefficient (Wildman–Crippen LogP) is 4.19. The van der Waals surface area contributed by atoms with E-state index in [-0.39, 0.29) is 27.8 Å². The maximum Gasteiger partial charge on any atom is 0.251 e. The molecule has 1 amide bonds. The number of amides is 1. The number of halogens is 2. The summed E-state index contributed by atoms with van der Waals surface area (Å²) in [7, 11) is 2.07. The Bertz CT molecular complexity index is 1190. The first kappa shape index (κ1) is 23.8. The number of carbonyl (C=O) groups is 2. The van der Waals surface area contributed by atoms with Crippen LogP contribution in [0.4, 0.5) is 25.4 Å². The topological polar surface area (TPSA) is 100 Å². The summed E-state index contributed by atoms with van der Waals surface area (Å²) in [5.74, 6) is -3.07. The minimum absolute atomic E-state index is 0.0336. The Labute approximate surface area is 200 Å². The van der Waals surface area contributed by atoms with Crippen LogP contribution in [0.3, 0.4) is 0 Å². The summed E-state index contributed by atoms with van der Waals surface area (Å²) in [4.78, 5) is 31.6. The van der Waals surface area contributed by atoms with E-state index in [1.165, 1.54) is 6.07 Å². The molecule has 1 aliphatic rings. The third-order valence-electron chi connectivity index (χ3n) is 5.96. The highest BCUT2D eigenvalue weighted by Crippen LogP contribution is 2.31. The molecule has 0 aliphatic carbocycles. The number of hydrogen-bond donors (Lipinski definition) is 3. The monoisotopic (exact) mass is 485 g/mol. The molecular weight excluding hydrogens is 460 g/mol. The smallest absolute Gasteiger partial charge is 0.251 e. The van der Waals surface area contributed by atoms with Crippen molar-refractivity contribution >= 4 is 39.7 Å². The summed E-state index contributed by atoms with van der Waals surface area (Å²) in [6.45, 7) is 3.05. The van der Waals surface area contributed by atoms with Gasteiger partial charge in [0.05, 0.1) is 5.56 Å². The molecule has 7 nitrogen and oxygen atoms in total. The Kier molecular flexibility index (Phi) is 6.90. The minimum Gasteiger partial charge on any atom is -0.382 e. The molecule has 4 rings (SSSR count). The number of likely N-dealkylation sites (N-methyl/N-ethyl adjacent to an activating group) is 1. The molecule has 34 heavy (non-hydrogen) atoms. The van der Waals surface area contributed by atoms with Gasteiger partial charge in [-0.25, -0.2) is 13.8 Å². The first-order valence-electron chi connectivity index (χ1n) is 10.9. The molecule has 1 aliphatic heterocycles. The summed E-state index contributed by atoms with van der Waals surface area (Å²) < 4.78 is 28.0. The van der Waals surface area contributed by atoms with Crippen molar-refractivity contribution in [3.8, 4) is 0 Å². The Hall–Kier alpha value is -3.37. The zero-order chi connectivity index (χ0) is 24.4. The van der Waals surface area contributed by atoms with Crippen LogP contribution in [0.5, 0.6) is 0 Å². The van der Waals surface area contributed by atoms with Gasteiger partial charge < -0.3 is 21.3 Å². The fourth-order valence-corrected chi connectivity index (χ4v) is 5.01. The summed E-state index contributed by atoms with van der Waals surface area (Å²) in [5, 5.41) is 6.35. The summed E-state index contributed by atoms with van der Waals surface area (Å²) >= 11 is 0.894. The van der Waals surface area contributed by atoms with Crippen molar-refractivity contribution in [2.75, 3.05) is 24.6 Å². The molecule has 4 N–H and O–H groups in total. The SMILES string of the molecule is CC(NC(=O)c1ccc(Nc2nc(N)c(C(=O)c3c(F)cccc3F)s2)cc1)C1CCCN1C. The van der Waals surface area contributed by atoms with E-state index in [2.05, 4.69) is 27.6 Å². The molecule has 1 fully saturated rings. The highest BCUT2D eigenvalue weighted by Gasteiger charge is 2.27. The van der Waals surface area contributed by atoms with Gasteiger partial charge in [-0.05, 0) is 69.8 Å². The normalized spacial score (nSPS) is 16.9. The summed E-state index contributed by atoms with van der Waals surface area (Å²) in [6, 6.07) is 10.3. The fourth-order valence-electron chi connectivity index (χ4n) is 4.16. The second-order valence-electron chi connectivity index (χ2n) is 8.31. The van der Waals surface area contributed by atoms with Crippen LogP contribution in [0, 0.1) is 11.6 Å². The Morgan fingerprint density at radius 1 is 1.18 bits per heavy atom. The largest absolute Gasteiger partial charge is 0.382 e. The van der Waals surface area contributed by atoms with Gasteiger partial charge in [0, 0.05) is 23.3 Å². The van der Waals surface area contributed by atoms with Crippen molar-refractivity contribution in [2.24, 2.45) is 0 Å². The average molecular weight is 486 g/mol. The van der Waals surface area contributed by atoms with Gasteiger partial charge >= 0.3 is 0 Å². The van der Waals surface area contributed by atoms with Crippen molar-refractivity contribution in [2.45, 2.75) is 31.8 Å². The predicted molar refractivity (Wildman–Crippen MR) is 129 cm³/mol. The van der Waals surface area contributed by atoms with E-state index < -0.39 is 23.0 Å². The Morgan fingerprint density at radius 2 is 1.85 bits per heavy atom. The lowest BCUT2D eigenvalue weighted by atomic mass is 10.1. The van der Waals surface area contributed by atoms with E-state index >= 15 is 0 Å². The maximum atomic E-state index is 14.0. The fraction of sp³-hybridized carbons (Fsp3) is 0.292. The van der Waals surface area contributed by atoms with Crippen molar-refractivity contribution in [3.63, 3.8) is 0 Å². The Balaban J connectivity index is 1.43. The van der Waals surface area contributed by atoms with Gasteiger partial charge in [0.25, 0.3) is 5.91 Å². The van der Waals surface area contributed by atoms with Crippen LogP contribution in [-0.4, -0.2) is 47.3 Å². The lowest BCUT2D eigenvalue weighted by molar-refractivity contribution is 0.0919. The van der Waals surface area contributed by atoms with Crippen LogP contribution >= 0.6 is 11.3 Å². The number of hydrogen-bond acceptors (Lipinski definition) is 7. The summed E-state index contributed by atoms with van der Waals surface area (Å²) in [5.41, 5.74) is 6.31. The second kappa shape index (κ2) is 9.86. The zero-order valence-corrected chi connectivity index (χ0v) is 19.6. The highest BCUT2D eigenvalue weighted by molar-refractivity contribution is 7.18. The third kappa shape index (κ3) is 4.92. The van der Waals surface area contributed by atoms with Gasteiger partial charge in [0.15, 0.2) is 5.13 Å². The van der Waals surface area contributed by atoms with E-state index in [9.17, 15) is 18.4 Å². The molecule has 0 saturated carbocycles. The molecule has 0 radical (unpaired) electrons. The number of anilines is 3. The van der Waals surface area contributed by atoms with Gasteiger partial charge in [-0.3, -0.25) is 9.59 Å². The van der Waals surface area contributed by atoms with Gasteiger partial charge in [-0.1, -0.05) is 17.4 Å². The van der Waals surface area contributed by atoms with Crippen molar-refractivity contribution < 1.29 is 18.4 Å². The number of nitrogens with two attached hydrogens (primary N) is 1. The molecular formula is C24H25F2N5O2S. The zero-order valence-electron chi connectivity index (χ0n) is 18.8. The van der Waals surface area contributed by atoms with Crippen LogP contribution < -0.4 is 16.4 Å². The summed E-state index contributed by atoms with van der Waals surface area (Å²) in [6.07, 6.45) is 2.19. The minimum atomic E-state index is -0.963. The molecule has 3 aromatic rings. The van der Waals surface area contributed by atoms with Crippen molar-refractivity contribution in [3.05, 3.63) is 70.1 Å². The van der Waals surface area contributed by atoms with E-state index in [1.54, 1.807) is 24.3 Å². The molecule has 0 bridgehead atoms. The van der Waals surface area contributed by atoms with Crippen LogP contribution in [0.25, 0.3) is 0 Å². The number of aromatic nitrogens is 1. The number of nitrogens with zero attached hydrogens (tertiary/aromatic N) is 2. The average Bonchev–Trinajstić information content (AvgIpc) is 3.39. The van der Waals surface area contributed by atoms with Crippen molar-refractivity contribution in [1.82, 2.24) is 15.2 Å². The number of benzene rings is 2. The first-order valence-corrected chi connectivity index (χ1v) is 11.7. The number of carbonyl (C=O) groups excluding carboxylic acids is 2. The van der Waals surface area contributed by atoms with E-state index in [0.717, 1.165) is 42.9 Å². The van der Waals surface area contributed by atoms with Gasteiger partial charge in [0.1, 0.15) is 22.3 Å². The number of ketones is 1. The van der Waals surface area contributed by atoms with Gasteiger partial charge in [-0.2, -0.15) is 0 Å². The standard InChI is InChI=1S/C24H25F2N5O2S/c1-13(18-7-4-12-31(18)2)28-23(33)14-8-10-15(11-9-14)29-24-30-22(27)21(34-24)20(32)19-16(25)5-3-6-17(19)26/h3,5-6,8-11,13,18H,4,7,12,27H2,1-2H3,(H,28,33)(H,29,30). The molecule has 2 aromatic carbocycles. The number of nitrogens with one attached hydrogen (secondary N) is 2. The molecule has 178 valence electrons. The number of likely N-dealkylation sites (tertiary alicyclic amines) is 1. The van der Waals surface area contributed by atoms with Gasteiger partial charge in [-0.15, -0.1) is 0 Å². The quantitative estimate of drug-likeness (QED) is 0.434. The van der Waals surface area contributed by atoms with E-state index in [1.807, 2.05) is 6.92 Å². The number of thiazole rings is 1. The Morgan fingerprint density at radius 3 is 2.47 bits per heavy atom. The van der Waals surface area contributed by atoms with Crippen LogP contribution in [-0.2, 0) is 0 Å². The number of rotatable bonds is 7. The molecule has 1 saturated heterocycles. The first-order chi connectivity index (χ1) is 16.2. The second-order valence-corrected chi connectivity index (χ2v) is 9.31. The third-order valence-corrected chi connectivity index (χ3v) is 6.95. The highest BCUT2D eigenvalue weighted by atomic mass is 32.1. The molecule has 1 aromatic heterocycles. The lowest BCUT2D eigenvalue weighted by Gasteiger charge is -2.26. The van der Waals surface area contributed by atoms with Gasteiger partial charge in [0.2, 0.25) is 5.78 Å². The lowest BCUT2D eigenvalue weighted by Crippen LogP contribution is -2.46. The van der Waals surface area contributed by atoms with Crippen LogP contribution in [0.1, 0.15) is 45.4 Å². The molecule has 2 unspecified atom stereocenters. The molecule has 2 atom stereocenters.